The summed E-state index contributed by atoms with van der Waals surface area (Å²) in [6.45, 7) is 4.44. The molecule has 1 amide bonds. The molecule has 1 aromatic heterocycles. The first-order valence-corrected chi connectivity index (χ1v) is 9.32. The number of rotatable bonds is 2. The van der Waals surface area contributed by atoms with E-state index in [1.165, 1.54) is 0 Å². The maximum absolute atomic E-state index is 13.0. The Bertz CT molecular complexity index is 947. The molecule has 2 aliphatic rings. The van der Waals surface area contributed by atoms with Crippen LogP contribution < -0.4 is 16.0 Å². The molecule has 1 atom stereocenters. The molecule has 27 heavy (non-hydrogen) atoms. The van der Waals surface area contributed by atoms with E-state index in [1.54, 1.807) is 29.3 Å². The van der Waals surface area contributed by atoms with Crippen LogP contribution in [0.4, 0.5) is 5.95 Å². The SMILES string of the molecule is Cc1ccnc(N2NNC3=C2CCN(C(=O)c2cccc(Cl)c2Cl)C3C)n1. The molecule has 9 heteroatoms. The van der Waals surface area contributed by atoms with Gasteiger partial charge in [-0.1, -0.05) is 29.3 Å². The topological polar surface area (TPSA) is 73.4 Å². The maximum atomic E-state index is 13.0. The largest absolute Gasteiger partial charge is 0.330 e. The molecule has 3 heterocycles. The summed E-state index contributed by atoms with van der Waals surface area (Å²) in [5.41, 5.74) is 9.48. The molecule has 0 radical (unpaired) electrons. The van der Waals surface area contributed by atoms with Crippen molar-refractivity contribution in [1.82, 2.24) is 25.8 Å². The van der Waals surface area contributed by atoms with E-state index < -0.39 is 0 Å². The fourth-order valence-electron chi connectivity index (χ4n) is 3.36. The van der Waals surface area contributed by atoms with Gasteiger partial charge in [-0.2, -0.15) is 0 Å². The second-order valence-corrected chi connectivity index (χ2v) is 7.24. The zero-order valence-corrected chi connectivity index (χ0v) is 16.3. The first kappa shape index (κ1) is 18.0. The zero-order valence-electron chi connectivity index (χ0n) is 14.8. The summed E-state index contributed by atoms with van der Waals surface area (Å²) in [7, 11) is 0. The van der Waals surface area contributed by atoms with Crippen molar-refractivity contribution in [2.24, 2.45) is 0 Å². The number of nitrogens with zero attached hydrogens (tertiary/aromatic N) is 4. The van der Waals surface area contributed by atoms with Crippen LogP contribution in [0.2, 0.25) is 10.0 Å². The van der Waals surface area contributed by atoms with Crippen molar-refractivity contribution in [1.29, 1.82) is 0 Å². The molecule has 0 spiro atoms. The van der Waals surface area contributed by atoms with E-state index >= 15 is 0 Å². The van der Waals surface area contributed by atoms with Crippen LogP contribution in [0.15, 0.2) is 41.9 Å². The van der Waals surface area contributed by atoms with E-state index in [0.717, 1.165) is 17.1 Å². The molecule has 1 aromatic carbocycles. The Kier molecular flexibility index (Phi) is 4.67. The standard InChI is InChI=1S/C18H18Cl2N6O/c1-10-6-8-21-18(22-10)26-14-7-9-25(11(2)16(14)23-24-26)17(27)12-4-3-5-13(19)15(12)20/h3-6,8,11,23-24H,7,9H2,1-2H3. The van der Waals surface area contributed by atoms with Crippen LogP contribution in [0.5, 0.6) is 0 Å². The summed E-state index contributed by atoms with van der Waals surface area (Å²) in [6, 6.07) is 6.77. The van der Waals surface area contributed by atoms with Gasteiger partial charge in [0.15, 0.2) is 0 Å². The van der Waals surface area contributed by atoms with Crippen molar-refractivity contribution < 1.29 is 4.79 Å². The molecule has 140 valence electrons. The third kappa shape index (κ3) is 3.12. The summed E-state index contributed by atoms with van der Waals surface area (Å²) in [4.78, 5) is 23.6. The molecule has 0 saturated carbocycles. The predicted octanol–water partition coefficient (Wildman–Crippen LogP) is 3.07. The number of nitrogens with one attached hydrogen (secondary N) is 2. The van der Waals surface area contributed by atoms with Crippen LogP contribution in [0.3, 0.4) is 0 Å². The Morgan fingerprint density at radius 2 is 2.11 bits per heavy atom. The number of carbonyl (C=O) groups is 1. The number of benzene rings is 1. The van der Waals surface area contributed by atoms with Gasteiger partial charge in [-0.3, -0.25) is 4.79 Å². The van der Waals surface area contributed by atoms with Crippen LogP contribution in [0, 0.1) is 6.92 Å². The van der Waals surface area contributed by atoms with Crippen LogP contribution in [-0.2, 0) is 0 Å². The Morgan fingerprint density at radius 1 is 1.30 bits per heavy atom. The lowest BCUT2D eigenvalue weighted by Crippen LogP contribution is -2.45. The van der Waals surface area contributed by atoms with Gasteiger partial charge in [0.25, 0.3) is 5.91 Å². The molecule has 1 unspecified atom stereocenters. The molecule has 0 aliphatic carbocycles. The third-order valence-corrected chi connectivity index (χ3v) is 5.60. The van der Waals surface area contributed by atoms with Gasteiger partial charge in [0.1, 0.15) is 0 Å². The average molecular weight is 405 g/mol. The molecule has 0 saturated heterocycles. The van der Waals surface area contributed by atoms with Gasteiger partial charge >= 0.3 is 0 Å². The number of carbonyl (C=O) groups excluding carboxylic acids is 1. The van der Waals surface area contributed by atoms with Gasteiger partial charge in [-0.05, 0) is 32.0 Å². The minimum Gasteiger partial charge on any atom is -0.330 e. The zero-order chi connectivity index (χ0) is 19.1. The number of aromatic nitrogens is 2. The van der Waals surface area contributed by atoms with Crippen molar-refractivity contribution in [3.8, 4) is 0 Å². The van der Waals surface area contributed by atoms with E-state index in [-0.39, 0.29) is 17.0 Å². The second-order valence-electron chi connectivity index (χ2n) is 6.46. The highest BCUT2D eigenvalue weighted by molar-refractivity contribution is 6.43. The molecule has 7 nitrogen and oxygen atoms in total. The van der Waals surface area contributed by atoms with E-state index in [2.05, 4.69) is 20.9 Å². The predicted molar refractivity (Wildman–Crippen MR) is 104 cm³/mol. The molecule has 2 aliphatic heterocycles. The van der Waals surface area contributed by atoms with Crippen molar-refractivity contribution in [3.05, 3.63) is 63.2 Å². The number of amides is 1. The molecule has 2 aromatic rings. The Balaban J connectivity index is 1.62. The van der Waals surface area contributed by atoms with E-state index in [4.69, 9.17) is 23.2 Å². The molecule has 0 fully saturated rings. The molecule has 2 N–H and O–H groups in total. The van der Waals surface area contributed by atoms with E-state index in [0.29, 0.717) is 29.5 Å². The summed E-state index contributed by atoms with van der Waals surface area (Å²) >= 11 is 12.3. The van der Waals surface area contributed by atoms with Gasteiger partial charge in [0.2, 0.25) is 5.95 Å². The summed E-state index contributed by atoms with van der Waals surface area (Å²) in [5, 5.41) is 2.48. The average Bonchev–Trinajstić information content (AvgIpc) is 3.09. The summed E-state index contributed by atoms with van der Waals surface area (Å²) < 4.78 is 0. The first-order valence-electron chi connectivity index (χ1n) is 8.57. The van der Waals surface area contributed by atoms with Crippen molar-refractivity contribution in [2.45, 2.75) is 26.3 Å². The number of hydrazine groups is 2. The lowest BCUT2D eigenvalue weighted by atomic mass is 10.0. The van der Waals surface area contributed by atoms with Gasteiger partial charge in [-0.25, -0.2) is 15.0 Å². The number of anilines is 1. The highest BCUT2D eigenvalue weighted by atomic mass is 35.5. The second kappa shape index (κ2) is 6.99. The first-order chi connectivity index (χ1) is 13.0. The minimum atomic E-state index is -0.168. The lowest BCUT2D eigenvalue weighted by Gasteiger charge is -2.34. The van der Waals surface area contributed by atoms with Crippen molar-refractivity contribution in [2.75, 3.05) is 11.6 Å². The van der Waals surface area contributed by atoms with E-state index in [9.17, 15) is 4.79 Å². The van der Waals surface area contributed by atoms with E-state index in [1.807, 2.05) is 24.9 Å². The Labute approximate surface area is 166 Å². The third-order valence-electron chi connectivity index (χ3n) is 4.78. The maximum Gasteiger partial charge on any atom is 0.255 e. The fraction of sp³-hybridized carbons (Fsp3) is 0.278. The highest BCUT2D eigenvalue weighted by Gasteiger charge is 2.37. The summed E-state index contributed by atoms with van der Waals surface area (Å²) in [5.74, 6) is 0.422. The lowest BCUT2D eigenvalue weighted by molar-refractivity contribution is 0.0703. The van der Waals surface area contributed by atoms with Gasteiger partial charge in [0, 0.05) is 24.9 Å². The number of halogens is 2. The fourth-order valence-corrected chi connectivity index (χ4v) is 3.74. The molecular weight excluding hydrogens is 387 g/mol. The van der Waals surface area contributed by atoms with Gasteiger partial charge in [0.05, 0.1) is 33.0 Å². The number of hydrogen-bond donors (Lipinski definition) is 2. The van der Waals surface area contributed by atoms with Crippen LogP contribution in [0.25, 0.3) is 0 Å². The Hall–Kier alpha value is -2.35. The molecule has 4 rings (SSSR count). The van der Waals surface area contributed by atoms with Crippen LogP contribution in [-0.4, -0.2) is 33.4 Å². The normalized spacial score (nSPS) is 19.2. The quantitative estimate of drug-likeness (QED) is 0.800. The van der Waals surface area contributed by atoms with Crippen LogP contribution in [0.1, 0.15) is 29.4 Å². The van der Waals surface area contributed by atoms with Crippen molar-refractivity contribution >= 4 is 35.1 Å². The van der Waals surface area contributed by atoms with Gasteiger partial charge < -0.3 is 10.3 Å². The monoisotopic (exact) mass is 404 g/mol. The highest BCUT2D eigenvalue weighted by Crippen LogP contribution is 2.32. The van der Waals surface area contributed by atoms with Crippen LogP contribution >= 0.6 is 23.2 Å². The number of hydrogen-bond acceptors (Lipinski definition) is 6. The van der Waals surface area contributed by atoms with Crippen molar-refractivity contribution in [3.63, 3.8) is 0 Å². The molecular formula is C18H18Cl2N6O. The summed E-state index contributed by atoms with van der Waals surface area (Å²) in [6.07, 6.45) is 2.38. The van der Waals surface area contributed by atoms with Gasteiger partial charge in [-0.15, -0.1) is 5.53 Å². The smallest absolute Gasteiger partial charge is 0.255 e. The molecule has 0 bridgehead atoms. The minimum absolute atomic E-state index is 0.145. The Morgan fingerprint density at radius 3 is 2.89 bits per heavy atom. The number of aryl methyl sites for hydroxylation is 1.